The average Bonchev–Trinajstić information content (AvgIpc) is 2.26. The third-order valence-electron chi connectivity index (χ3n) is 2.85. The number of carbonyl (C=O) groups excluding carboxylic acids is 2. The van der Waals surface area contributed by atoms with Crippen molar-refractivity contribution in [1.29, 1.82) is 0 Å². The van der Waals surface area contributed by atoms with Gasteiger partial charge >= 0.3 is 12.0 Å². The monoisotopic (exact) mass is 243 g/mol. The van der Waals surface area contributed by atoms with Crippen molar-refractivity contribution in [3.63, 3.8) is 0 Å². The Bertz CT molecular complexity index is 311. The number of nitrogens with zero attached hydrogens (tertiary/aromatic N) is 1. The molecule has 1 aliphatic heterocycles. The van der Waals surface area contributed by atoms with E-state index < -0.39 is 17.9 Å². The Morgan fingerprint density at radius 2 is 1.88 bits per heavy atom. The molecule has 7 heteroatoms. The fourth-order valence-electron chi connectivity index (χ4n) is 1.86. The maximum atomic E-state index is 11.1. The predicted octanol–water partition coefficient (Wildman–Crippen LogP) is -0.632. The Kier molecular flexibility index (Phi) is 4.89. The van der Waals surface area contributed by atoms with Gasteiger partial charge in [0.25, 0.3) is 0 Å². The van der Waals surface area contributed by atoms with Crippen LogP contribution in [-0.2, 0) is 9.59 Å². The largest absolute Gasteiger partial charge is 0.481 e. The number of hydrogen-bond donors (Lipinski definition) is 3. The second-order valence-corrected chi connectivity index (χ2v) is 4.12. The van der Waals surface area contributed by atoms with Gasteiger partial charge in [-0.25, -0.2) is 4.79 Å². The summed E-state index contributed by atoms with van der Waals surface area (Å²) in [6.07, 6.45) is 1.40. The Hall–Kier alpha value is -1.63. The first-order valence-electron chi connectivity index (χ1n) is 5.53. The van der Waals surface area contributed by atoms with Gasteiger partial charge in [-0.15, -0.1) is 0 Å². The van der Waals surface area contributed by atoms with Crippen LogP contribution in [0.2, 0.25) is 0 Å². The number of piperidine rings is 1. The third kappa shape index (κ3) is 4.81. The van der Waals surface area contributed by atoms with E-state index in [1.165, 1.54) is 0 Å². The zero-order chi connectivity index (χ0) is 12.8. The van der Waals surface area contributed by atoms with E-state index in [1.807, 2.05) is 10.2 Å². The van der Waals surface area contributed by atoms with Gasteiger partial charge in [0.05, 0.1) is 5.92 Å². The first-order chi connectivity index (χ1) is 7.99. The molecule has 17 heavy (non-hydrogen) atoms. The summed E-state index contributed by atoms with van der Waals surface area (Å²) >= 11 is 0. The van der Waals surface area contributed by atoms with E-state index in [-0.39, 0.29) is 12.3 Å². The van der Waals surface area contributed by atoms with E-state index in [0.29, 0.717) is 32.5 Å². The molecule has 0 spiro atoms. The van der Waals surface area contributed by atoms with Crippen molar-refractivity contribution >= 4 is 17.9 Å². The molecule has 0 aromatic heterocycles. The first-order valence-corrected chi connectivity index (χ1v) is 5.53. The molecule has 1 aliphatic rings. The first kappa shape index (κ1) is 13.4. The lowest BCUT2D eigenvalue weighted by atomic mass is 9.97. The highest BCUT2D eigenvalue weighted by atomic mass is 16.4. The molecule has 0 aromatic rings. The summed E-state index contributed by atoms with van der Waals surface area (Å²) < 4.78 is 0. The minimum Gasteiger partial charge on any atom is -0.481 e. The molecule has 0 aliphatic carbocycles. The number of hydrogen-bond acceptors (Lipinski definition) is 4. The van der Waals surface area contributed by atoms with Gasteiger partial charge in [-0.3, -0.25) is 14.9 Å². The summed E-state index contributed by atoms with van der Waals surface area (Å²) in [5.41, 5.74) is 4.80. The van der Waals surface area contributed by atoms with E-state index in [1.54, 1.807) is 0 Å². The van der Waals surface area contributed by atoms with Gasteiger partial charge in [0, 0.05) is 13.0 Å². The lowest BCUT2D eigenvalue weighted by Crippen LogP contribution is -2.40. The predicted molar refractivity (Wildman–Crippen MR) is 59.1 cm³/mol. The van der Waals surface area contributed by atoms with Crippen molar-refractivity contribution < 1.29 is 19.5 Å². The number of rotatable bonds is 4. The van der Waals surface area contributed by atoms with Crippen LogP contribution in [0.15, 0.2) is 0 Å². The summed E-state index contributed by atoms with van der Waals surface area (Å²) in [6.45, 7) is 1.85. The highest BCUT2D eigenvalue weighted by molar-refractivity contribution is 5.93. The second-order valence-electron chi connectivity index (χ2n) is 4.12. The van der Waals surface area contributed by atoms with E-state index in [4.69, 9.17) is 10.8 Å². The summed E-state index contributed by atoms with van der Waals surface area (Å²) in [7, 11) is 0. The van der Waals surface area contributed by atoms with Crippen LogP contribution in [-0.4, -0.2) is 47.5 Å². The number of carboxylic acids is 1. The zero-order valence-electron chi connectivity index (χ0n) is 9.52. The van der Waals surface area contributed by atoms with Gasteiger partial charge in [0.1, 0.15) is 0 Å². The van der Waals surface area contributed by atoms with Crippen molar-refractivity contribution in [2.75, 3.05) is 19.6 Å². The number of aliphatic carboxylic acids is 1. The van der Waals surface area contributed by atoms with E-state index in [2.05, 4.69) is 0 Å². The molecule has 4 N–H and O–H groups in total. The van der Waals surface area contributed by atoms with Crippen molar-refractivity contribution in [2.45, 2.75) is 19.3 Å². The standard InChI is InChI=1S/C10H17N3O4/c11-10(17)12-8(14)3-6-13-4-1-7(2-5-13)9(15)16/h7H,1-6H2,(H,15,16)(H3,11,12,14,17). The molecule has 1 heterocycles. The molecular formula is C10H17N3O4. The van der Waals surface area contributed by atoms with E-state index in [0.717, 1.165) is 0 Å². The fraction of sp³-hybridized carbons (Fsp3) is 0.700. The highest BCUT2D eigenvalue weighted by Crippen LogP contribution is 2.17. The molecular weight excluding hydrogens is 226 g/mol. The van der Waals surface area contributed by atoms with Crippen LogP contribution in [0.3, 0.4) is 0 Å². The van der Waals surface area contributed by atoms with Crippen molar-refractivity contribution in [1.82, 2.24) is 10.2 Å². The third-order valence-corrected chi connectivity index (χ3v) is 2.85. The minimum atomic E-state index is -0.848. The summed E-state index contributed by atoms with van der Waals surface area (Å²) in [5.74, 6) is -1.43. The van der Waals surface area contributed by atoms with E-state index >= 15 is 0 Å². The Balaban J connectivity index is 2.20. The topological polar surface area (TPSA) is 113 Å². The number of nitrogens with one attached hydrogen (secondary N) is 1. The summed E-state index contributed by atoms with van der Waals surface area (Å²) in [6, 6.07) is -0.848. The molecule has 7 nitrogen and oxygen atoms in total. The number of nitrogens with two attached hydrogens (primary N) is 1. The maximum Gasteiger partial charge on any atom is 0.318 e. The second kappa shape index (κ2) is 6.19. The molecule has 96 valence electrons. The number of amides is 3. The Labute approximate surface area is 98.9 Å². The van der Waals surface area contributed by atoms with Gasteiger partial charge in [-0.2, -0.15) is 0 Å². The van der Waals surface area contributed by atoms with Gasteiger partial charge in [-0.05, 0) is 25.9 Å². The molecule has 1 fully saturated rings. The molecule has 3 amide bonds. The normalized spacial score (nSPS) is 17.6. The lowest BCUT2D eigenvalue weighted by Gasteiger charge is -2.29. The van der Waals surface area contributed by atoms with Crippen molar-refractivity contribution in [3.8, 4) is 0 Å². The quantitative estimate of drug-likeness (QED) is 0.608. The number of primary amides is 1. The van der Waals surface area contributed by atoms with Crippen LogP contribution in [0.4, 0.5) is 4.79 Å². The zero-order valence-corrected chi connectivity index (χ0v) is 9.52. The number of likely N-dealkylation sites (tertiary alicyclic amines) is 1. The molecule has 1 rings (SSSR count). The minimum absolute atomic E-state index is 0.195. The van der Waals surface area contributed by atoms with Crippen molar-refractivity contribution in [3.05, 3.63) is 0 Å². The molecule has 0 saturated carbocycles. The molecule has 0 radical (unpaired) electrons. The van der Waals surface area contributed by atoms with Crippen LogP contribution in [0.1, 0.15) is 19.3 Å². The van der Waals surface area contributed by atoms with Crippen LogP contribution in [0.25, 0.3) is 0 Å². The summed E-state index contributed by atoms with van der Waals surface area (Å²) in [5, 5.41) is 10.8. The maximum absolute atomic E-state index is 11.1. The number of imide groups is 1. The van der Waals surface area contributed by atoms with Gasteiger partial charge < -0.3 is 15.7 Å². The van der Waals surface area contributed by atoms with Crippen LogP contribution < -0.4 is 11.1 Å². The SMILES string of the molecule is NC(=O)NC(=O)CCN1CCC(C(=O)O)CC1. The summed E-state index contributed by atoms with van der Waals surface area (Å²) in [4.78, 5) is 34.3. The smallest absolute Gasteiger partial charge is 0.318 e. The number of carbonyl (C=O) groups is 3. The van der Waals surface area contributed by atoms with Crippen LogP contribution in [0.5, 0.6) is 0 Å². The number of urea groups is 1. The Morgan fingerprint density at radius 1 is 1.29 bits per heavy atom. The van der Waals surface area contributed by atoms with Crippen molar-refractivity contribution in [2.24, 2.45) is 11.7 Å². The molecule has 0 aromatic carbocycles. The fourth-order valence-corrected chi connectivity index (χ4v) is 1.86. The molecule has 0 bridgehead atoms. The molecule has 0 atom stereocenters. The highest BCUT2D eigenvalue weighted by Gasteiger charge is 2.24. The van der Waals surface area contributed by atoms with Gasteiger partial charge in [0.15, 0.2) is 0 Å². The van der Waals surface area contributed by atoms with Crippen LogP contribution in [0, 0.1) is 5.92 Å². The van der Waals surface area contributed by atoms with Crippen LogP contribution >= 0.6 is 0 Å². The number of carboxylic acid groups (broad SMARTS) is 1. The molecule has 0 unspecified atom stereocenters. The van der Waals surface area contributed by atoms with Gasteiger partial charge in [-0.1, -0.05) is 0 Å². The molecule has 1 saturated heterocycles. The van der Waals surface area contributed by atoms with Gasteiger partial charge in [0.2, 0.25) is 5.91 Å². The van der Waals surface area contributed by atoms with E-state index in [9.17, 15) is 14.4 Å². The average molecular weight is 243 g/mol. The Morgan fingerprint density at radius 3 is 2.35 bits per heavy atom. The lowest BCUT2D eigenvalue weighted by molar-refractivity contribution is -0.143.